The van der Waals surface area contributed by atoms with Gasteiger partial charge in [0.1, 0.15) is 0 Å². The molecule has 0 aliphatic carbocycles. The first kappa shape index (κ1) is 14.4. The molecule has 1 heterocycles. The molecule has 6 nitrogen and oxygen atoms in total. The summed E-state index contributed by atoms with van der Waals surface area (Å²) in [5.74, 6) is 0.778. The van der Waals surface area contributed by atoms with Crippen molar-refractivity contribution in [1.29, 1.82) is 0 Å². The summed E-state index contributed by atoms with van der Waals surface area (Å²) in [6.45, 7) is 1.54. The number of benzene rings is 1. The van der Waals surface area contributed by atoms with Gasteiger partial charge in [-0.1, -0.05) is 28.9 Å². The van der Waals surface area contributed by atoms with Crippen molar-refractivity contribution in [2.24, 2.45) is 0 Å². The van der Waals surface area contributed by atoms with Gasteiger partial charge in [0.2, 0.25) is 0 Å². The van der Waals surface area contributed by atoms with Crippen LogP contribution in [0.25, 0.3) is 11.3 Å². The third-order valence-electron chi connectivity index (χ3n) is 2.51. The van der Waals surface area contributed by atoms with Gasteiger partial charge >= 0.3 is 6.03 Å². The average molecular weight is 296 g/mol. The molecule has 20 heavy (non-hydrogen) atoms. The van der Waals surface area contributed by atoms with Crippen molar-refractivity contribution in [1.82, 2.24) is 10.5 Å². The molecular formula is C13H14ClN3O3. The second-order valence-corrected chi connectivity index (χ2v) is 4.71. The zero-order chi connectivity index (χ0) is 14.5. The second kappa shape index (κ2) is 6.40. The molecule has 7 heteroatoms. The Labute approximate surface area is 120 Å². The number of carbonyl (C=O) groups excluding carboxylic acids is 1. The molecule has 106 valence electrons. The van der Waals surface area contributed by atoms with E-state index in [1.807, 2.05) is 6.07 Å². The molecule has 1 atom stereocenters. The number of aliphatic hydroxyl groups is 1. The van der Waals surface area contributed by atoms with Gasteiger partial charge in [-0.25, -0.2) is 4.79 Å². The van der Waals surface area contributed by atoms with E-state index in [2.05, 4.69) is 15.8 Å². The molecule has 2 rings (SSSR count). The number of hydrogen-bond acceptors (Lipinski definition) is 4. The monoisotopic (exact) mass is 295 g/mol. The highest BCUT2D eigenvalue weighted by atomic mass is 35.5. The molecule has 0 aliphatic heterocycles. The van der Waals surface area contributed by atoms with Crippen LogP contribution in [-0.4, -0.2) is 28.9 Å². The van der Waals surface area contributed by atoms with Crippen molar-refractivity contribution < 1.29 is 14.4 Å². The van der Waals surface area contributed by atoms with Crippen molar-refractivity contribution in [2.75, 3.05) is 11.9 Å². The molecule has 2 amide bonds. The van der Waals surface area contributed by atoms with E-state index in [1.165, 1.54) is 0 Å². The summed E-state index contributed by atoms with van der Waals surface area (Å²) in [6, 6.07) is 7.90. The van der Waals surface area contributed by atoms with Gasteiger partial charge in [-0.2, -0.15) is 0 Å². The molecule has 2 aromatic rings. The second-order valence-electron chi connectivity index (χ2n) is 4.27. The first-order valence-electron chi connectivity index (χ1n) is 5.99. The van der Waals surface area contributed by atoms with Gasteiger partial charge in [0.05, 0.1) is 12.6 Å². The third-order valence-corrected chi connectivity index (χ3v) is 2.75. The summed E-state index contributed by atoms with van der Waals surface area (Å²) in [6.07, 6.45) is 0. The predicted octanol–water partition coefficient (Wildman–Crippen LogP) is 2.50. The Morgan fingerprint density at radius 1 is 1.50 bits per heavy atom. The van der Waals surface area contributed by atoms with Crippen molar-refractivity contribution in [3.63, 3.8) is 0 Å². The average Bonchev–Trinajstić information content (AvgIpc) is 2.87. The zero-order valence-corrected chi connectivity index (χ0v) is 11.5. The summed E-state index contributed by atoms with van der Waals surface area (Å²) in [4.78, 5) is 11.5. The number of urea groups is 1. The van der Waals surface area contributed by atoms with Gasteiger partial charge in [-0.3, -0.25) is 5.32 Å². The van der Waals surface area contributed by atoms with Gasteiger partial charge in [-0.15, -0.1) is 0 Å². The van der Waals surface area contributed by atoms with Gasteiger partial charge in [-0.05, 0) is 19.1 Å². The van der Waals surface area contributed by atoms with Crippen LogP contribution < -0.4 is 10.6 Å². The SMILES string of the molecule is C[C@@H](CO)NC(=O)Nc1cc(-c2cccc(Cl)c2)on1. The van der Waals surface area contributed by atoms with Crippen LogP contribution >= 0.6 is 11.6 Å². The number of nitrogens with zero attached hydrogens (tertiary/aromatic N) is 1. The van der Waals surface area contributed by atoms with Gasteiger partial charge in [0, 0.05) is 16.7 Å². The summed E-state index contributed by atoms with van der Waals surface area (Å²) in [5, 5.41) is 18.2. The van der Waals surface area contributed by atoms with Crippen molar-refractivity contribution in [2.45, 2.75) is 13.0 Å². The molecule has 0 bridgehead atoms. The Hall–Kier alpha value is -2.05. The van der Waals surface area contributed by atoms with Crippen molar-refractivity contribution in [3.8, 4) is 11.3 Å². The highest BCUT2D eigenvalue weighted by Gasteiger charge is 2.11. The van der Waals surface area contributed by atoms with Crippen LogP contribution in [0.15, 0.2) is 34.9 Å². The molecule has 1 aromatic heterocycles. The van der Waals surface area contributed by atoms with Crippen molar-refractivity contribution >= 4 is 23.4 Å². The van der Waals surface area contributed by atoms with E-state index in [0.717, 1.165) is 5.56 Å². The van der Waals surface area contributed by atoms with E-state index in [-0.39, 0.29) is 18.5 Å². The predicted molar refractivity (Wildman–Crippen MR) is 75.7 cm³/mol. The Morgan fingerprint density at radius 2 is 2.30 bits per heavy atom. The maximum Gasteiger partial charge on any atom is 0.320 e. The number of anilines is 1. The largest absolute Gasteiger partial charge is 0.394 e. The molecule has 0 saturated carbocycles. The maximum atomic E-state index is 11.5. The standard InChI is InChI=1S/C13H14ClN3O3/c1-8(7-18)15-13(19)16-12-6-11(20-17-12)9-3-2-4-10(14)5-9/h2-6,8,18H,7H2,1H3,(H2,15,16,17,19)/t8-/m0/s1. The highest BCUT2D eigenvalue weighted by Crippen LogP contribution is 2.24. The summed E-state index contributed by atoms with van der Waals surface area (Å²) in [7, 11) is 0. The van der Waals surface area contributed by atoms with Gasteiger partial charge in [0.15, 0.2) is 11.6 Å². The molecule has 0 saturated heterocycles. The molecule has 0 unspecified atom stereocenters. The normalized spacial score (nSPS) is 11.9. The Kier molecular flexibility index (Phi) is 4.60. The lowest BCUT2D eigenvalue weighted by atomic mass is 10.2. The van der Waals surface area contributed by atoms with E-state index in [4.69, 9.17) is 21.2 Å². The number of halogens is 1. The van der Waals surface area contributed by atoms with E-state index < -0.39 is 6.03 Å². The minimum absolute atomic E-state index is 0.139. The maximum absolute atomic E-state index is 11.5. The molecule has 0 aliphatic rings. The van der Waals surface area contributed by atoms with Crippen LogP contribution in [0.2, 0.25) is 5.02 Å². The number of amides is 2. The molecule has 0 spiro atoms. The number of hydrogen-bond donors (Lipinski definition) is 3. The Balaban J connectivity index is 2.04. The smallest absolute Gasteiger partial charge is 0.320 e. The molecule has 3 N–H and O–H groups in total. The van der Waals surface area contributed by atoms with E-state index in [0.29, 0.717) is 10.8 Å². The zero-order valence-electron chi connectivity index (χ0n) is 10.8. The van der Waals surface area contributed by atoms with Crippen LogP contribution in [0.4, 0.5) is 10.6 Å². The molecule has 0 fully saturated rings. The lowest BCUT2D eigenvalue weighted by molar-refractivity contribution is 0.229. The van der Waals surface area contributed by atoms with Crippen molar-refractivity contribution in [3.05, 3.63) is 35.4 Å². The fraction of sp³-hybridized carbons (Fsp3) is 0.231. The molecule has 0 radical (unpaired) electrons. The number of aliphatic hydroxyl groups excluding tert-OH is 1. The minimum Gasteiger partial charge on any atom is -0.394 e. The van der Waals surface area contributed by atoms with E-state index >= 15 is 0 Å². The highest BCUT2D eigenvalue weighted by molar-refractivity contribution is 6.30. The quantitative estimate of drug-likeness (QED) is 0.808. The van der Waals surface area contributed by atoms with Crippen LogP contribution in [-0.2, 0) is 0 Å². The van der Waals surface area contributed by atoms with Crippen LogP contribution in [0.5, 0.6) is 0 Å². The number of aromatic nitrogens is 1. The number of nitrogens with one attached hydrogen (secondary N) is 2. The fourth-order valence-corrected chi connectivity index (χ4v) is 1.72. The summed E-state index contributed by atoms with van der Waals surface area (Å²) >= 11 is 5.89. The van der Waals surface area contributed by atoms with Crippen LogP contribution in [0.3, 0.4) is 0 Å². The molecule has 1 aromatic carbocycles. The summed E-state index contributed by atoms with van der Waals surface area (Å²) in [5.41, 5.74) is 0.766. The molecular weight excluding hydrogens is 282 g/mol. The number of rotatable bonds is 4. The third kappa shape index (κ3) is 3.72. The topological polar surface area (TPSA) is 87.4 Å². The van der Waals surface area contributed by atoms with Crippen LogP contribution in [0.1, 0.15) is 6.92 Å². The van der Waals surface area contributed by atoms with Crippen LogP contribution in [0, 0.1) is 0 Å². The van der Waals surface area contributed by atoms with E-state index in [9.17, 15) is 4.79 Å². The lowest BCUT2D eigenvalue weighted by Gasteiger charge is -2.09. The fourth-order valence-electron chi connectivity index (χ4n) is 1.53. The lowest BCUT2D eigenvalue weighted by Crippen LogP contribution is -2.38. The number of carbonyl (C=O) groups is 1. The van der Waals surface area contributed by atoms with E-state index in [1.54, 1.807) is 31.2 Å². The van der Waals surface area contributed by atoms with Gasteiger partial charge < -0.3 is 14.9 Å². The summed E-state index contributed by atoms with van der Waals surface area (Å²) < 4.78 is 5.14. The first-order chi connectivity index (χ1) is 9.58. The Bertz CT molecular complexity index is 600. The van der Waals surface area contributed by atoms with Gasteiger partial charge in [0.25, 0.3) is 0 Å². The minimum atomic E-state index is -0.461. The first-order valence-corrected chi connectivity index (χ1v) is 6.37. The Morgan fingerprint density at radius 3 is 3.00 bits per heavy atom.